The molecule has 2 rings (SSSR count). The first-order valence-corrected chi connectivity index (χ1v) is 6.43. The van der Waals surface area contributed by atoms with E-state index in [0.29, 0.717) is 15.6 Å². The third kappa shape index (κ3) is 2.35. The molecule has 0 spiro atoms. The molecule has 0 amide bonds. The molecule has 0 fully saturated rings. The first-order valence-electron chi connectivity index (χ1n) is 5.17. The zero-order valence-electron chi connectivity index (χ0n) is 9.90. The van der Waals surface area contributed by atoms with Gasteiger partial charge < -0.3 is 9.47 Å². The number of halogens is 1. The van der Waals surface area contributed by atoms with Crippen molar-refractivity contribution in [1.82, 2.24) is 0 Å². The number of thiophene rings is 1. The molecule has 5 heteroatoms. The van der Waals surface area contributed by atoms with Gasteiger partial charge in [-0.3, -0.25) is 0 Å². The quantitative estimate of drug-likeness (QED) is 0.802. The normalized spacial score (nSPS) is 10.2. The third-order valence-corrected chi connectivity index (χ3v) is 3.62. The highest BCUT2D eigenvalue weighted by Gasteiger charge is 2.18. The maximum atomic E-state index is 11.7. The number of hydrogen-bond donors (Lipinski definition) is 0. The van der Waals surface area contributed by atoms with Gasteiger partial charge >= 0.3 is 5.97 Å². The first kappa shape index (κ1) is 12.9. The van der Waals surface area contributed by atoms with Gasteiger partial charge in [0.05, 0.1) is 14.2 Å². The van der Waals surface area contributed by atoms with Crippen molar-refractivity contribution < 1.29 is 14.3 Å². The Bertz CT molecular complexity index is 577. The van der Waals surface area contributed by atoms with Crippen LogP contribution >= 0.6 is 22.9 Å². The molecule has 3 nitrogen and oxygen atoms in total. The Morgan fingerprint density at radius 1 is 1.22 bits per heavy atom. The Morgan fingerprint density at radius 3 is 2.67 bits per heavy atom. The van der Waals surface area contributed by atoms with Crippen molar-refractivity contribution in [3.63, 3.8) is 0 Å². The van der Waals surface area contributed by atoms with E-state index in [-0.39, 0.29) is 5.97 Å². The molecular formula is C13H11ClO3S. The summed E-state index contributed by atoms with van der Waals surface area (Å²) < 4.78 is 10.0. The molecule has 18 heavy (non-hydrogen) atoms. The number of hydrogen-bond acceptors (Lipinski definition) is 4. The summed E-state index contributed by atoms with van der Waals surface area (Å²) in [5.74, 6) is 0.310. The minimum Gasteiger partial charge on any atom is -0.496 e. The molecule has 0 aliphatic rings. The second-order valence-corrected chi connectivity index (χ2v) is 4.85. The minimum atomic E-state index is -0.359. The van der Waals surface area contributed by atoms with Gasteiger partial charge in [-0.25, -0.2) is 4.79 Å². The number of methoxy groups -OCH3 is 2. The van der Waals surface area contributed by atoms with E-state index >= 15 is 0 Å². The van der Waals surface area contributed by atoms with E-state index in [4.69, 9.17) is 21.1 Å². The lowest BCUT2D eigenvalue weighted by molar-refractivity contribution is 0.0607. The van der Waals surface area contributed by atoms with Gasteiger partial charge in [-0.15, -0.1) is 11.3 Å². The van der Waals surface area contributed by atoms with Crippen LogP contribution in [0.15, 0.2) is 29.6 Å². The number of carbonyl (C=O) groups excluding carboxylic acids is 1. The molecule has 0 saturated heterocycles. The fraction of sp³-hybridized carbons (Fsp3) is 0.154. The SMILES string of the molecule is COC(=O)c1sccc1-c1cc(Cl)ccc1OC. The molecule has 0 unspecified atom stereocenters. The van der Waals surface area contributed by atoms with Crippen molar-refractivity contribution in [3.8, 4) is 16.9 Å². The topological polar surface area (TPSA) is 35.5 Å². The maximum absolute atomic E-state index is 11.7. The van der Waals surface area contributed by atoms with Crippen LogP contribution in [0.5, 0.6) is 5.75 Å². The molecular weight excluding hydrogens is 272 g/mol. The van der Waals surface area contributed by atoms with E-state index in [9.17, 15) is 4.79 Å². The molecule has 0 bridgehead atoms. The lowest BCUT2D eigenvalue weighted by Gasteiger charge is -2.09. The zero-order valence-corrected chi connectivity index (χ0v) is 11.5. The molecule has 1 aromatic carbocycles. The average Bonchev–Trinajstić information content (AvgIpc) is 2.86. The third-order valence-electron chi connectivity index (χ3n) is 2.49. The van der Waals surface area contributed by atoms with Gasteiger partial charge in [0.1, 0.15) is 10.6 Å². The molecule has 0 aliphatic heterocycles. The van der Waals surface area contributed by atoms with Gasteiger partial charge in [0.2, 0.25) is 0 Å². The highest BCUT2D eigenvalue weighted by molar-refractivity contribution is 7.12. The van der Waals surface area contributed by atoms with Crippen molar-refractivity contribution >= 4 is 28.9 Å². The Balaban J connectivity index is 2.58. The van der Waals surface area contributed by atoms with Crippen molar-refractivity contribution in [2.75, 3.05) is 14.2 Å². The van der Waals surface area contributed by atoms with Crippen LogP contribution in [-0.4, -0.2) is 20.2 Å². The van der Waals surface area contributed by atoms with Crippen molar-refractivity contribution in [2.45, 2.75) is 0 Å². The molecule has 0 aliphatic carbocycles. The van der Waals surface area contributed by atoms with Gasteiger partial charge in [0.25, 0.3) is 0 Å². The Morgan fingerprint density at radius 2 is 2.00 bits per heavy atom. The second kappa shape index (κ2) is 5.42. The molecule has 94 valence electrons. The molecule has 0 N–H and O–H groups in total. The predicted molar refractivity (Wildman–Crippen MR) is 72.7 cm³/mol. The summed E-state index contributed by atoms with van der Waals surface area (Å²) in [6, 6.07) is 7.14. The molecule has 0 radical (unpaired) electrons. The van der Waals surface area contributed by atoms with Crippen LogP contribution in [0.3, 0.4) is 0 Å². The van der Waals surface area contributed by atoms with Crippen LogP contribution in [0.1, 0.15) is 9.67 Å². The Hall–Kier alpha value is -1.52. The molecule has 2 aromatic rings. The largest absolute Gasteiger partial charge is 0.496 e. The summed E-state index contributed by atoms with van der Waals surface area (Å²) in [5, 5.41) is 2.43. The van der Waals surface area contributed by atoms with Gasteiger partial charge in [-0.1, -0.05) is 11.6 Å². The number of ether oxygens (including phenoxy) is 2. The molecule has 1 aromatic heterocycles. The lowest BCUT2D eigenvalue weighted by Crippen LogP contribution is -2.00. The first-order chi connectivity index (χ1) is 8.67. The van der Waals surface area contributed by atoms with E-state index < -0.39 is 0 Å². The zero-order chi connectivity index (χ0) is 13.1. The van der Waals surface area contributed by atoms with Crippen molar-refractivity contribution in [3.05, 3.63) is 39.5 Å². The van der Waals surface area contributed by atoms with Gasteiger partial charge in [-0.2, -0.15) is 0 Å². The number of benzene rings is 1. The lowest BCUT2D eigenvalue weighted by atomic mass is 10.1. The summed E-state index contributed by atoms with van der Waals surface area (Å²) in [6.45, 7) is 0. The van der Waals surface area contributed by atoms with Crippen LogP contribution in [0.4, 0.5) is 0 Å². The summed E-state index contributed by atoms with van der Waals surface area (Å²) >= 11 is 7.32. The van der Waals surface area contributed by atoms with Crippen molar-refractivity contribution in [1.29, 1.82) is 0 Å². The van der Waals surface area contributed by atoms with E-state index in [1.807, 2.05) is 11.4 Å². The number of esters is 1. The van der Waals surface area contributed by atoms with Crippen molar-refractivity contribution in [2.24, 2.45) is 0 Å². The summed E-state index contributed by atoms with van der Waals surface area (Å²) in [7, 11) is 2.94. The molecule has 1 heterocycles. The van der Waals surface area contributed by atoms with Gasteiger partial charge in [0, 0.05) is 16.1 Å². The smallest absolute Gasteiger partial charge is 0.348 e. The van der Waals surface area contributed by atoms with E-state index in [1.165, 1.54) is 18.4 Å². The highest BCUT2D eigenvalue weighted by atomic mass is 35.5. The van der Waals surface area contributed by atoms with Crippen LogP contribution < -0.4 is 4.74 Å². The fourth-order valence-electron chi connectivity index (χ4n) is 1.66. The highest BCUT2D eigenvalue weighted by Crippen LogP contribution is 2.37. The van der Waals surface area contributed by atoms with Gasteiger partial charge in [0.15, 0.2) is 0 Å². The summed E-state index contributed by atoms with van der Waals surface area (Å²) in [4.78, 5) is 12.2. The maximum Gasteiger partial charge on any atom is 0.348 e. The molecule has 0 saturated carbocycles. The van der Waals surface area contributed by atoms with Crippen LogP contribution in [-0.2, 0) is 4.74 Å². The van der Waals surface area contributed by atoms with Crippen LogP contribution in [0.25, 0.3) is 11.1 Å². The Labute approximate surface area is 114 Å². The van der Waals surface area contributed by atoms with Crippen LogP contribution in [0.2, 0.25) is 5.02 Å². The molecule has 0 atom stereocenters. The Kier molecular flexibility index (Phi) is 3.89. The standard InChI is InChI=1S/C13H11ClO3S/c1-16-11-4-3-8(14)7-10(11)9-5-6-18-12(9)13(15)17-2/h3-7H,1-2H3. The fourth-order valence-corrected chi connectivity index (χ4v) is 2.66. The summed E-state index contributed by atoms with van der Waals surface area (Å²) in [6.07, 6.45) is 0. The van der Waals surface area contributed by atoms with E-state index in [2.05, 4.69) is 0 Å². The number of rotatable bonds is 3. The van der Waals surface area contributed by atoms with Crippen LogP contribution in [0, 0.1) is 0 Å². The van der Waals surface area contributed by atoms with E-state index in [0.717, 1.165) is 11.1 Å². The van der Waals surface area contributed by atoms with E-state index in [1.54, 1.807) is 25.3 Å². The summed E-state index contributed by atoms with van der Waals surface area (Å²) in [5.41, 5.74) is 1.55. The monoisotopic (exact) mass is 282 g/mol. The minimum absolute atomic E-state index is 0.359. The predicted octanol–water partition coefficient (Wildman–Crippen LogP) is 3.86. The van der Waals surface area contributed by atoms with Gasteiger partial charge in [-0.05, 0) is 29.6 Å². The average molecular weight is 283 g/mol. The number of carbonyl (C=O) groups is 1. The second-order valence-electron chi connectivity index (χ2n) is 3.50.